The molecule has 0 fully saturated rings. The molecule has 5 heteroatoms. The summed E-state index contributed by atoms with van der Waals surface area (Å²) in [5.41, 5.74) is 5.28. The molecule has 0 aliphatic carbocycles. The van der Waals surface area contributed by atoms with Crippen LogP contribution < -0.4 is 4.74 Å². The summed E-state index contributed by atoms with van der Waals surface area (Å²) in [7, 11) is 1.53. The zero-order chi connectivity index (χ0) is 19.0. The molecule has 0 radical (unpaired) electrons. The molecule has 0 aliphatic rings. The number of imidazole rings is 1. The lowest BCUT2D eigenvalue weighted by molar-refractivity contribution is 0.199. The van der Waals surface area contributed by atoms with Crippen LogP contribution in [-0.2, 0) is 0 Å². The predicted octanol–water partition coefficient (Wildman–Crippen LogP) is 4.89. The number of rotatable bonds is 4. The van der Waals surface area contributed by atoms with Crippen molar-refractivity contribution in [3.05, 3.63) is 78.4 Å². The fourth-order valence-electron chi connectivity index (χ4n) is 3.22. The summed E-state index contributed by atoms with van der Waals surface area (Å²) in [5, 5.41) is 9.77. The number of fused-ring (bicyclic) bond motifs is 1. The Labute approximate surface area is 156 Å². The third kappa shape index (κ3) is 3.17. The number of aliphatic hydroxyl groups is 1. The minimum absolute atomic E-state index is 0.332. The van der Waals surface area contributed by atoms with Crippen LogP contribution in [0.3, 0.4) is 0 Å². The smallest absolute Gasteiger partial charge is 0.129 e. The van der Waals surface area contributed by atoms with E-state index >= 15 is 0 Å². The fraction of sp³-hybridized carbons (Fsp3) is 0.136. The standard InChI is InChI=1S/C22H19FN2O2/c1-14(26)15-6-9-21-20(11-15)24-13-25(21)18-5-3-4-16(10-18)19-8-7-17(23)12-22(19)27-2/h3-14,26H,1-2H3. The Hall–Kier alpha value is -3.18. The molecule has 1 aromatic heterocycles. The van der Waals surface area contributed by atoms with Crippen molar-refractivity contribution >= 4 is 11.0 Å². The van der Waals surface area contributed by atoms with Gasteiger partial charge in [0.1, 0.15) is 17.9 Å². The second kappa shape index (κ2) is 6.85. The highest BCUT2D eigenvalue weighted by molar-refractivity contribution is 5.79. The highest BCUT2D eigenvalue weighted by Crippen LogP contribution is 2.32. The maximum atomic E-state index is 13.5. The van der Waals surface area contributed by atoms with Gasteiger partial charge in [-0.1, -0.05) is 18.2 Å². The lowest BCUT2D eigenvalue weighted by Gasteiger charge is -2.11. The molecule has 4 aromatic rings. The van der Waals surface area contributed by atoms with Crippen molar-refractivity contribution in [2.45, 2.75) is 13.0 Å². The van der Waals surface area contributed by atoms with E-state index in [1.54, 1.807) is 19.3 Å². The summed E-state index contributed by atoms with van der Waals surface area (Å²) in [6, 6.07) is 18.2. The molecule has 1 heterocycles. The van der Waals surface area contributed by atoms with Gasteiger partial charge in [0.25, 0.3) is 0 Å². The molecule has 0 saturated carbocycles. The van der Waals surface area contributed by atoms with Gasteiger partial charge < -0.3 is 9.84 Å². The molecule has 1 atom stereocenters. The van der Waals surface area contributed by atoms with Crippen molar-refractivity contribution in [2.24, 2.45) is 0 Å². The Balaban J connectivity index is 1.81. The number of hydrogen-bond acceptors (Lipinski definition) is 3. The highest BCUT2D eigenvalue weighted by Gasteiger charge is 2.11. The molecule has 1 unspecified atom stereocenters. The zero-order valence-corrected chi connectivity index (χ0v) is 15.1. The van der Waals surface area contributed by atoms with E-state index in [1.807, 2.05) is 47.0 Å². The predicted molar refractivity (Wildman–Crippen MR) is 104 cm³/mol. The van der Waals surface area contributed by atoms with Crippen LogP contribution in [0.1, 0.15) is 18.6 Å². The summed E-state index contributed by atoms with van der Waals surface area (Å²) in [5.74, 6) is 0.158. The van der Waals surface area contributed by atoms with Gasteiger partial charge in [-0.15, -0.1) is 0 Å². The number of ether oxygens (including phenoxy) is 1. The number of hydrogen-bond donors (Lipinski definition) is 1. The SMILES string of the molecule is COc1cc(F)ccc1-c1cccc(-n2cnc3cc(C(C)O)ccc32)c1. The molecular formula is C22H19FN2O2. The van der Waals surface area contributed by atoms with Crippen molar-refractivity contribution in [2.75, 3.05) is 7.11 Å². The van der Waals surface area contributed by atoms with Crippen LogP contribution in [-0.4, -0.2) is 21.8 Å². The molecule has 136 valence electrons. The fourth-order valence-corrected chi connectivity index (χ4v) is 3.22. The van der Waals surface area contributed by atoms with Crippen LogP contribution in [0.5, 0.6) is 5.75 Å². The van der Waals surface area contributed by atoms with E-state index in [-0.39, 0.29) is 5.82 Å². The Morgan fingerprint density at radius 1 is 1.07 bits per heavy atom. The Morgan fingerprint density at radius 3 is 2.70 bits per heavy atom. The van der Waals surface area contributed by atoms with Gasteiger partial charge in [-0.05, 0) is 54.4 Å². The lowest BCUT2D eigenvalue weighted by atomic mass is 10.0. The number of aromatic nitrogens is 2. The Bertz CT molecular complexity index is 1120. The third-order valence-electron chi connectivity index (χ3n) is 4.65. The first-order chi connectivity index (χ1) is 13.1. The van der Waals surface area contributed by atoms with Crippen LogP contribution in [0.2, 0.25) is 0 Å². The van der Waals surface area contributed by atoms with Gasteiger partial charge in [0.2, 0.25) is 0 Å². The van der Waals surface area contributed by atoms with Crippen LogP contribution in [0, 0.1) is 5.82 Å². The van der Waals surface area contributed by atoms with E-state index in [0.29, 0.717) is 5.75 Å². The monoisotopic (exact) mass is 362 g/mol. The number of aliphatic hydroxyl groups excluding tert-OH is 1. The van der Waals surface area contributed by atoms with Crippen molar-refractivity contribution in [3.8, 4) is 22.6 Å². The number of methoxy groups -OCH3 is 1. The first-order valence-electron chi connectivity index (χ1n) is 8.66. The maximum absolute atomic E-state index is 13.5. The van der Waals surface area contributed by atoms with Crippen molar-refractivity contribution in [1.82, 2.24) is 9.55 Å². The highest BCUT2D eigenvalue weighted by atomic mass is 19.1. The van der Waals surface area contributed by atoms with E-state index < -0.39 is 6.10 Å². The van der Waals surface area contributed by atoms with E-state index in [4.69, 9.17) is 4.74 Å². The number of nitrogens with zero attached hydrogens (tertiary/aromatic N) is 2. The molecule has 0 spiro atoms. The van der Waals surface area contributed by atoms with E-state index in [0.717, 1.165) is 33.4 Å². The Kier molecular flexibility index (Phi) is 4.38. The van der Waals surface area contributed by atoms with Crippen LogP contribution in [0.4, 0.5) is 4.39 Å². The van der Waals surface area contributed by atoms with Crippen LogP contribution in [0.25, 0.3) is 27.8 Å². The summed E-state index contributed by atoms with van der Waals surface area (Å²) >= 11 is 0. The van der Waals surface area contributed by atoms with Crippen LogP contribution in [0.15, 0.2) is 67.0 Å². The Morgan fingerprint density at radius 2 is 1.93 bits per heavy atom. The molecule has 1 N–H and O–H groups in total. The van der Waals surface area contributed by atoms with Crippen molar-refractivity contribution in [3.63, 3.8) is 0 Å². The lowest BCUT2D eigenvalue weighted by Crippen LogP contribution is -1.95. The summed E-state index contributed by atoms with van der Waals surface area (Å²) in [6.45, 7) is 1.73. The number of benzene rings is 3. The summed E-state index contributed by atoms with van der Waals surface area (Å²) < 4.78 is 20.8. The molecule has 0 bridgehead atoms. The van der Waals surface area contributed by atoms with Gasteiger partial charge in [0.05, 0.1) is 24.2 Å². The van der Waals surface area contributed by atoms with Gasteiger partial charge in [0.15, 0.2) is 0 Å². The van der Waals surface area contributed by atoms with E-state index in [1.165, 1.54) is 19.2 Å². The molecule has 3 aromatic carbocycles. The van der Waals surface area contributed by atoms with Gasteiger partial charge in [-0.25, -0.2) is 9.37 Å². The average Bonchev–Trinajstić information content (AvgIpc) is 3.11. The molecule has 0 saturated heterocycles. The molecule has 0 amide bonds. The first kappa shape index (κ1) is 17.2. The van der Waals surface area contributed by atoms with Crippen molar-refractivity contribution < 1.29 is 14.2 Å². The normalized spacial score (nSPS) is 12.3. The van der Waals surface area contributed by atoms with E-state index in [9.17, 15) is 9.50 Å². The van der Waals surface area contributed by atoms with Crippen LogP contribution >= 0.6 is 0 Å². The average molecular weight is 362 g/mol. The van der Waals surface area contributed by atoms with Gasteiger partial charge in [0, 0.05) is 17.3 Å². The largest absolute Gasteiger partial charge is 0.496 e. The minimum Gasteiger partial charge on any atom is -0.496 e. The van der Waals surface area contributed by atoms with E-state index in [2.05, 4.69) is 4.98 Å². The van der Waals surface area contributed by atoms with Gasteiger partial charge in [-0.3, -0.25) is 4.57 Å². The van der Waals surface area contributed by atoms with Gasteiger partial charge >= 0.3 is 0 Å². The minimum atomic E-state index is -0.534. The number of halogens is 1. The zero-order valence-electron chi connectivity index (χ0n) is 15.1. The van der Waals surface area contributed by atoms with Gasteiger partial charge in [-0.2, -0.15) is 0 Å². The summed E-state index contributed by atoms with van der Waals surface area (Å²) in [6.07, 6.45) is 1.23. The first-order valence-corrected chi connectivity index (χ1v) is 8.66. The summed E-state index contributed by atoms with van der Waals surface area (Å²) in [4.78, 5) is 4.46. The van der Waals surface area contributed by atoms with Crippen molar-refractivity contribution in [1.29, 1.82) is 0 Å². The second-order valence-electron chi connectivity index (χ2n) is 6.43. The topological polar surface area (TPSA) is 47.3 Å². The second-order valence-corrected chi connectivity index (χ2v) is 6.43. The molecule has 4 rings (SSSR count). The molecule has 27 heavy (non-hydrogen) atoms. The molecular weight excluding hydrogens is 343 g/mol. The molecule has 0 aliphatic heterocycles. The maximum Gasteiger partial charge on any atom is 0.129 e. The molecule has 4 nitrogen and oxygen atoms in total. The quantitative estimate of drug-likeness (QED) is 0.562. The third-order valence-corrected chi connectivity index (χ3v) is 4.65.